The van der Waals surface area contributed by atoms with Crippen molar-refractivity contribution in [1.82, 2.24) is 0 Å². The Kier molecular flexibility index (Phi) is 2.37. The van der Waals surface area contributed by atoms with Crippen LogP contribution in [0.15, 0.2) is 0 Å². The molecular weight excluding hydrogens is 156 g/mol. The quantitative estimate of drug-likeness (QED) is 0.380. The normalized spacial score (nSPS) is 14.0. The highest BCUT2D eigenvalue weighted by Crippen LogP contribution is 2.21. The minimum atomic E-state index is 0.0648. The fourth-order valence-corrected chi connectivity index (χ4v) is 0. The maximum Gasteiger partial charge on any atom is 0.104 e. The van der Waals surface area contributed by atoms with Gasteiger partial charge in [0.2, 0.25) is 0 Å². The molecule has 0 aromatic carbocycles. The van der Waals surface area contributed by atoms with Crippen molar-refractivity contribution in [2.75, 3.05) is 0 Å². The minimum absolute atomic E-state index is 0.0648. The Balaban J connectivity index is 3.17. The summed E-state index contributed by atoms with van der Waals surface area (Å²) in [6, 6.07) is 0. The average Bonchev–Trinajstić information content (AvgIpc) is 1.35. The van der Waals surface area contributed by atoms with Crippen LogP contribution in [-0.2, 0) is 0 Å². The predicted molar refractivity (Wildman–Crippen MR) is 37.2 cm³/mol. The van der Waals surface area contributed by atoms with E-state index in [-0.39, 0.29) is 8.14 Å². The molecule has 0 nitrogen and oxygen atoms in total. The Morgan fingerprint density at radius 1 is 1.33 bits per heavy atom. The molecule has 0 radical (unpaired) electrons. The second kappa shape index (κ2) is 2.12. The van der Waals surface area contributed by atoms with Crippen molar-refractivity contribution in [3.05, 3.63) is 0 Å². The lowest BCUT2D eigenvalue weighted by Crippen LogP contribution is -1.99. The van der Waals surface area contributed by atoms with Crippen molar-refractivity contribution in [2.24, 2.45) is 0 Å². The molecule has 38 valence electrons. The van der Waals surface area contributed by atoms with Crippen molar-refractivity contribution < 1.29 is 0 Å². The van der Waals surface area contributed by atoms with Gasteiger partial charge < -0.3 is 0 Å². The maximum atomic E-state index is 3.51. The monoisotopic (exact) mass is 166 g/mol. The highest BCUT2D eigenvalue weighted by molar-refractivity contribution is 9.23. The molecule has 0 fully saturated rings. The zero-order chi connectivity index (χ0) is 5.21. The first-order valence-corrected chi connectivity index (χ1v) is 6.73. The Morgan fingerprint density at radius 2 is 1.50 bits per heavy atom. The highest BCUT2D eigenvalue weighted by Gasteiger charge is 2.05. The lowest BCUT2D eigenvalue weighted by Gasteiger charge is -2.10. The third kappa shape index (κ3) is 4.70. The standard InChI is InChI=1S/C4H11BrSi/c1-4(2,3)6-5/h6H2,1-3H3. The molecule has 0 saturated heterocycles. The smallest absolute Gasteiger partial charge is 0.104 e. The summed E-state index contributed by atoms with van der Waals surface area (Å²) in [6.07, 6.45) is 0. The van der Waals surface area contributed by atoms with Gasteiger partial charge in [-0.05, 0) is 5.04 Å². The molecule has 0 aromatic rings. The van der Waals surface area contributed by atoms with E-state index in [1.165, 1.54) is 0 Å². The van der Waals surface area contributed by atoms with Gasteiger partial charge in [-0.1, -0.05) is 20.8 Å². The van der Waals surface area contributed by atoms with E-state index in [4.69, 9.17) is 0 Å². The first kappa shape index (κ1) is 6.70. The first-order valence-electron chi connectivity index (χ1n) is 2.12. The summed E-state index contributed by atoms with van der Waals surface area (Å²) in [4.78, 5) is 0. The fraction of sp³-hybridized carbons (Fsp3) is 1.00. The van der Waals surface area contributed by atoms with Crippen LogP contribution < -0.4 is 0 Å². The number of rotatable bonds is 0. The van der Waals surface area contributed by atoms with Crippen molar-refractivity contribution in [3.63, 3.8) is 0 Å². The van der Waals surface area contributed by atoms with Gasteiger partial charge in [-0.15, -0.1) is 15.3 Å². The zero-order valence-corrected chi connectivity index (χ0v) is 7.59. The average molecular weight is 167 g/mol. The third-order valence-corrected chi connectivity index (χ3v) is 6.25. The van der Waals surface area contributed by atoms with Gasteiger partial charge in [0, 0.05) is 0 Å². The molecule has 0 aromatic heterocycles. The second-order valence-corrected chi connectivity index (χ2v) is 6.77. The van der Waals surface area contributed by atoms with Crippen molar-refractivity contribution in [3.8, 4) is 0 Å². The largest absolute Gasteiger partial charge is 0.135 e. The minimum Gasteiger partial charge on any atom is -0.135 e. The molecule has 0 amide bonds. The van der Waals surface area contributed by atoms with Gasteiger partial charge in [0.25, 0.3) is 0 Å². The van der Waals surface area contributed by atoms with Gasteiger partial charge in [-0.25, -0.2) is 0 Å². The van der Waals surface area contributed by atoms with E-state index < -0.39 is 0 Å². The Hall–Kier alpha value is 0.697. The molecule has 0 aliphatic rings. The summed E-state index contributed by atoms with van der Waals surface area (Å²) in [5.74, 6) is 0. The maximum absolute atomic E-state index is 3.51. The van der Waals surface area contributed by atoms with Crippen LogP contribution in [0.25, 0.3) is 0 Å². The molecule has 0 heterocycles. The summed E-state index contributed by atoms with van der Waals surface area (Å²) < 4.78 is 0. The van der Waals surface area contributed by atoms with Crippen molar-refractivity contribution in [2.45, 2.75) is 25.8 Å². The predicted octanol–water partition coefficient (Wildman–Crippen LogP) is 1.68. The molecule has 6 heavy (non-hydrogen) atoms. The van der Waals surface area contributed by atoms with E-state index >= 15 is 0 Å². The molecule has 2 heteroatoms. The molecule has 0 atom stereocenters. The molecule has 0 saturated carbocycles. The lowest BCUT2D eigenvalue weighted by molar-refractivity contribution is 0.765. The van der Waals surface area contributed by atoms with Gasteiger partial charge >= 0.3 is 0 Å². The number of halogens is 1. The Labute approximate surface area is 49.7 Å². The molecule has 0 spiro atoms. The van der Waals surface area contributed by atoms with Crippen LogP contribution in [0.5, 0.6) is 0 Å². The van der Waals surface area contributed by atoms with Crippen LogP contribution in [0.2, 0.25) is 5.04 Å². The van der Waals surface area contributed by atoms with Gasteiger partial charge in [0.05, 0.1) is 0 Å². The van der Waals surface area contributed by atoms with Gasteiger partial charge in [0.1, 0.15) is 8.14 Å². The van der Waals surface area contributed by atoms with Crippen molar-refractivity contribution >= 4 is 23.4 Å². The van der Waals surface area contributed by atoms with E-state index in [9.17, 15) is 0 Å². The molecule has 0 aliphatic heterocycles. The Bertz CT molecular complexity index is 37.3. The zero-order valence-electron chi connectivity index (χ0n) is 4.59. The summed E-state index contributed by atoms with van der Waals surface area (Å²) >= 11 is 3.51. The molecule has 0 aliphatic carbocycles. The summed E-state index contributed by atoms with van der Waals surface area (Å²) in [5, 5.41) is 0.597. The summed E-state index contributed by atoms with van der Waals surface area (Å²) in [5.41, 5.74) is 0. The van der Waals surface area contributed by atoms with Crippen LogP contribution >= 0.6 is 15.3 Å². The molecule has 0 bridgehead atoms. The van der Waals surface area contributed by atoms with Crippen LogP contribution in [0, 0.1) is 0 Å². The highest BCUT2D eigenvalue weighted by atomic mass is 79.9. The van der Waals surface area contributed by atoms with E-state index in [1.54, 1.807) is 0 Å². The fourth-order valence-electron chi connectivity index (χ4n) is 0. The third-order valence-electron chi connectivity index (χ3n) is 0.401. The lowest BCUT2D eigenvalue weighted by atomic mass is 10.3. The molecule has 0 N–H and O–H groups in total. The SMILES string of the molecule is CC(C)(C)[SiH2]Br. The van der Waals surface area contributed by atoms with E-state index in [1.807, 2.05) is 0 Å². The molecular formula is C4H11BrSi. The van der Waals surface area contributed by atoms with Crippen LogP contribution in [0.3, 0.4) is 0 Å². The van der Waals surface area contributed by atoms with Gasteiger partial charge in [-0.2, -0.15) is 0 Å². The summed E-state index contributed by atoms with van der Waals surface area (Å²) in [7, 11) is 0.0648. The van der Waals surface area contributed by atoms with Gasteiger partial charge in [-0.3, -0.25) is 0 Å². The summed E-state index contributed by atoms with van der Waals surface area (Å²) in [6.45, 7) is 6.77. The van der Waals surface area contributed by atoms with Crippen molar-refractivity contribution in [1.29, 1.82) is 0 Å². The number of hydrogen-bond acceptors (Lipinski definition) is 0. The first-order chi connectivity index (χ1) is 2.56. The van der Waals surface area contributed by atoms with E-state index in [0.717, 1.165) is 0 Å². The van der Waals surface area contributed by atoms with Crippen LogP contribution in [0.4, 0.5) is 0 Å². The van der Waals surface area contributed by atoms with Crippen LogP contribution in [-0.4, -0.2) is 8.14 Å². The molecule has 0 unspecified atom stereocenters. The van der Waals surface area contributed by atoms with Gasteiger partial charge in [0.15, 0.2) is 0 Å². The van der Waals surface area contributed by atoms with Crippen LogP contribution in [0.1, 0.15) is 20.8 Å². The molecule has 0 rings (SSSR count). The van der Waals surface area contributed by atoms with E-state index in [0.29, 0.717) is 5.04 Å². The number of hydrogen-bond donors (Lipinski definition) is 0. The topological polar surface area (TPSA) is 0 Å². The second-order valence-electron chi connectivity index (χ2n) is 2.69. The Morgan fingerprint density at radius 3 is 1.50 bits per heavy atom. The van der Waals surface area contributed by atoms with E-state index in [2.05, 4.69) is 36.1 Å².